The van der Waals surface area contributed by atoms with E-state index in [1.807, 2.05) is 35.8 Å². The first-order valence-electron chi connectivity index (χ1n) is 3.93. The van der Waals surface area contributed by atoms with Gasteiger partial charge in [-0.2, -0.15) is 0 Å². The summed E-state index contributed by atoms with van der Waals surface area (Å²) in [6.45, 7) is 0. The fourth-order valence-corrected chi connectivity index (χ4v) is 1.91. The molecule has 0 radical (unpaired) electrons. The van der Waals surface area contributed by atoms with Gasteiger partial charge in [0, 0.05) is 7.05 Å². The minimum Gasteiger partial charge on any atom is -0.295 e. The summed E-state index contributed by atoms with van der Waals surface area (Å²) in [6, 6.07) is 0. The molecular weight excluding hydrogens is 184 g/mol. The van der Waals surface area contributed by atoms with Crippen LogP contribution in [0.1, 0.15) is 0 Å². The zero-order valence-electron chi connectivity index (χ0n) is 7.85. The van der Waals surface area contributed by atoms with E-state index in [-0.39, 0.29) is 0 Å². The number of thioether (sulfide) groups is 1. The number of imidazole rings is 1. The van der Waals surface area contributed by atoms with Gasteiger partial charge in [-0.1, -0.05) is 0 Å². The van der Waals surface area contributed by atoms with Crippen LogP contribution in [-0.2, 0) is 14.1 Å². The van der Waals surface area contributed by atoms with Crippen LogP contribution >= 0.6 is 11.8 Å². The quantitative estimate of drug-likeness (QED) is 0.377. The summed E-state index contributed by atoms with van der Waals surface area (Å²) in [7, 11) is 3.93. The van der Waals surface area contributed by atoms with Crippen molar-refractivity contribution in [3.63, 3.8) is 0 Å². The summed E-state index contributed by atoms with van der Waals surface area (Å²) < 4.78 is 3.92. The van der Waals surface area contributed by atoms with Crippen LogP contribution in [0, 0.1) is 0 Å². The van der Waals surface area contributed by atoms with Gasteiger partial charge in [-0.3, -0.25) is 4.57 Å². The summed E-state index contributed by atoms with van der Waals surface area (Å²) in [5, 5.41) is 1.02. The van der Waals surface area contributed by atoms with Crippen molar-refractivity contribution in [3.05, 3.63) is 12.7 Å². The Morgan fingerprint density at radius 3 is 2.92 bits per heavy atom. The lowest BCUT2D eigenvalue weighted by molar-refractivity contribution is -0.660. The second kappa shape index (κ2) is 2.99. The van der Waals surface area contributed by atoms with Crippen molar-refractivity contribution in [2.45, 2.75) is 5.03 Å². The van der Waals surface area contributed by atoms with Crippen molar-refractivity contribution in [3.8, 4) is 11.5 Å². The third-order valence-electron chi connectivity index (χ3n) is 2.00. The lowest BCUT2D eigenvalue weighted by Gasteiger charge is -2.03. The molecule has 13 heavy (non-hydrogen) atoms. The molecule has 2 rings (SSSR count). The molecule has 4 nitrogen and oxygen atoms in total. The van der Waals surface area contributed by atoms with E-state index in [9.17, 15) is 0 Å². The summed E-state index contributed by atoms with van der Waals surface area (Å²) in [5.41, 5.74) is 1.09. The van der Waals surface area contributed by atoms with E-state index in [1.54, 1.807) is 18.1 Å². The Morgan fingerprint density at radius 1 is 1.46 bits per heavy atom. The van der Waals surface area contributed by atoms with E-state index in [0.717, 1.165) is 16.5 Å². The molecular formula is C8H11N4S+. The van der Waals surface area contributed by atoms with E-state index >= 15 is 0 Å². The van der Waals surface area contributed by atoms with Crippen LogP contribution in [-0.4, -0.2) is 20.8 Å². The van der Waals surface area contributed by atoms with E-state index in [2.05, 4.69) is 9.97 Å². The van der Waals surface area contributed by atoms with Crippen LogP contribution in [0.3, 0.4) is 0 Å². The van der Waals surface area contributed by atoms with Gasteiger partial charge in [0.05, 0.1) is 13.4 Å². The van der Waals surface area contributed by atoms with Crippen LogP contribution < -0.4 is 4.57 Å². The van der Waals surface area contributed by atoms with Gasteiger partial charge in [-0.15, -0.1) is 11.8 Å². The topological polar surface area (TPSA) is 34.6 Å². The van der Waals surface area contributed by atoms with E-state index in [4.69, 9.17) is 0 Å². The number of aromatic nitrogens is 4. The molecule has 0 saturated heterocycles. The van der Waals surface area contributed by atoms with Gasteiger partial charge in [0.1, 0.15) is 0 Å². The monoisotopic (exact) mass is 195 g/mol. The minimum absolute atomic E-state index is 0.974. The van der Waals surface area contributed by atoms with Crippen LogP contribution in [0.4, 0.5) is 0 Å². The maximum absolute atomic E-state index is 4.32. The molecule has 68 valence electrons. The van der Waals surface area contributed by atoms with Crippen molar-refractivity contribution < 1.29 is 4.57 Å². The second-order valence-corrected chi connectivity index (χ2v) is 3.69. The maximum Gasteiger partial charge on any atom is 0.297 e. The van der Waals surface area contributed by atoms with Gasteiger partial charge in [0.15, 0.2) is 5.03 Å². The lowest BCUT2D eigenvalue weighted by atomic mass is 10.4. The Kier molecular flexibility index (Phi) is 1.95. The van der Waals surface area contributed by atoms with Crippen molar-refractivity contribution in [2.24, 2.45) is 14.1 Å². The summed E-state index contributed by atoms with van der Waals surface area (Å²) in [5.74, 6) is 0.974. The van der Waals surface area contributed by atoms with Gasteiger partial charge in [0.2, 0.25) is 5.69 Å². The molecule has 0 amide bonds. The molecule has 5 heteroatoms. The molecule has 0 saturated carbocycles. The van der Waals surface area contributed by atoms with E-state index < -0.39 is 0 Å². The normalized spacial score (nSPS) is 11.0. The van der Waals surface area contributed by atoms with Crippen molar-refractivity contribution in [2.75, 3.05) is 6.26 Å². The van der Waals surface area contributed by atoms with Crippen LogP contribution in [0.15, 0.2) is 17.7 Å². The third kappa shape index (κ3) is 1.19. The number of hydrogen-bond acceptors (Lipinski definition) is 3. The fraction of sp³-hybridized carbons (Fsp3) is 0.375. The molecule has 0 unspecified atom stereocenters. The SMILES string of the molecule is CSc1ncn(C)c2nc[n+](C)c1-2. The highest BCUT2D eigenvalue weighted by molar-refractivity contribution is 7.98. The Morgan fingerprint density at radius 2 is 2.23 bits per heavy atom. The molecule has 0 N–H and O–H groups in total. The largest absolute Gasteiger partial charge is 0.297 e. The van der Waals surface area contributed by atoms with Crippen molar-refractivity contribution >= 4 is 11.8 Å². The molecule has 0 aromatic rings. The first kappa shape index (κ1) is 8.50. The predicted octanol–water partition coefficient (Wildman–Crippen LogP) is 0.466. The molecule has 2 heterocycles. The number of aryl methyl sites for hydroxylation is 2. The van der Waals surface area contributed by atoms with Gasteiger partial charge in [-0.05, 0) is 11.2 Å². The highest BCUT2D eigenvalue weighted by Gasteiger charge is 2.24. The first-order chi connectivity index (χ1) is 6.24. The predicted molar refractivity (Wildman–Crippen MR) is 50.6 cm³/mol. The average molecular weight is 195 g/mol. The summed E-state index contributed by atoms with van der Waals surface area (Å²) in [4.78, 5) is 8.62. The third-order valence-corrected chi connectivity index (χ3v) is 2.68. The molecule has 0 bridgehead atoms. The van der Waals surface area contributed by atoms with Crippen LogP contribution in [0.25, 0.3) is 11.5 Å². The minimum atomic E-state index is 0.974. The standard InChI is InChI=1S/C8H11N4S/c1-11-4-9-7-6(11)8(13-3)10-5-12(7)2/h4-5H,1-3H3/q+1. The molecule has 0 aromatic carbocycles. The highest BCUT2D eigenvalue weighted by atomic mass is 32.2. The molecule has 2 aliphatic rings. The lowest BCUT2D eigenvalue weighted by Crippen LogP contribution is -2.28. The molecule has 0 spiro atoms. The van der Waals surface area contributed by atoms with Crippen LogP contribution in [0.2, 0.25) is 0 Å². The van der Waals surface area contributed by atoms with Gasteiger partial charge in [0.25, 0.3) is 12.2 Å². The van der Waals surface area contributed by atoms with Crippen LogP contribution in [0.5, 0.6) is 0 Å². The van der Waals surface area contributed by atoms with Crippen molar-refractivity contribution in [1.82, 2.24) is 14.5 Å². The molecule has 0 fully saturated rings. The number of hydrogen-bond donors (Lipinski definition) is 0. The zero-order valence-corrected chi connectivity index (χ0v) is 8.67. The number of rotatable bonds is 1. The van der Waals surface area contributed by atoms with Crippen molar-refractivity contribution in [1.29, 1.82) is 0 Å². The van der Waals surface area contributed by atoms with Gasteiger partial charge >= 0.3 is 0 Å². The summed E-state index contributed by atoms with van der Waals surface area (Å²) >= 11 is 1.64. The fourth-order valence-electron chi connectivity index (χ4n) is 1.33. The maximum atomic E-state index is 4.32. The Bertz CT molecular complexity index is 409. The van der Waals surface area contributed by atoms with E-state index in [0.29, 0.717) is 0 Å². The Labute approximate surface area is 81.0 Å². The molecule has 0 atom stereocenters. The molecule has 2 aliphatic heterocycles. The Balaban J connectivity index is 2.76. The smallest absolute Gasteiger partial charge is 0.295 e. The van der Waals surface area contributed by atoms with Gasteiger partial charge in [-0.25, -0.2) is 9.55 Å². The number of nitrogens with zero attached hydrogens (tertiary/aromatic N) is 4. The summed E-state index contributed by atoms with van der Waals surface area (Å²) in [6.07, 6.45) is 5.63. The molecule has 0 aliphatic carbocycles. The number of fused-ring (bicyclic) bond motifs is 1. The second-order valence-electron chi connectivity index (χ2n) is 2.89. The average Bonchev–Trinajstić information content (AvgIpc) is 2.51. The zero-order chi connectivity index (χ0) is 9.42. The van der Waals surface area contributed by atoms with Gasteiger partial charge < -0.3 is 0 Å². The Hall–Kier alpha value is -1.10. The van der Waals surface area contributed by atoms with E-state index in [1.165, 1.54) is 0 Å². The first-order valence-corrected chi connectivity index (χ1v) is 5.16. The molecule has 0 aromatic heterocycles. The highest BCUT2D eigenvalue weighted by Crippen LogP contribution is 2.23.